The molecule has 1 unspecified atom stereocenters. The van der Waals surface area contributed by atoms with Crippen LogP contribution in [0.4, 0.5) is 5.69 Å². The number of halogens is 1. The van der Waals surface area contributed by atoms with Crippen molar-refractivity contribution in [2.45, 2.75) is 32.9 Å². The molecule has 1 N–H and O–H groups in total. The lowest BCUT2D eigenvalue weighted by Crippen LogP contribution is -2.36. The highest BCUT2D eigenvalue weighted by Gasteiger charge is 2.17. The van der Waals surface area contributed by atoms with Crippen LogP contribution in [0.1, 0.15) is 25.8 Å². The lowest BCUT2D eigenvalue weighted by Gasteiger charge is -2.32. The van der Waals surface area contributed by atoms with Gasteiger partial charge < -0.3 is 15.0 Å². The van der Waals surface area contributed by atoms with Gasteiger partial charge in [-0.05, 0) is 32.5 Å². The Morgan fingerprint density at radius 1 is 1.42 bits per heavy atom. The molecule has 0 heterocycles. The summed E-state index contributed by atoms with van der Waals surface area (Å²) < 4.78 is 5.23. The molecule has 0 aliphatic rings. The molecule has 0 saturated carbocycles. The molecular weight excluding hydrogens is 260 g/mol. The molecule has 3 nitrogen and oxygen atoms in total. The van der Waals surface area contributed by atoms with E-state index < -0.39 is 0 Å². The minimum atomic E-state index is 0.462. The van der Waals surface area contributed by atoms with Crippen molar-refractivity contribution in [3.05, 3.63) is 28.8 Å². The average molecular weight is 285 g/mol. The highest BCUT2D eigenvalue weighted by molar-refractivity contribution is 6.31. The van der Waals surface area contributed by atoms with E-state index in [-0.39, 0.29) is 0 Å². The van der Waals surface area contributed by atoms with E-state index in [1.54, 1.807) is 7.11 Å². The molecule has 0 saturated heterocycles. The first-order chi connectivity index (χ1) is 9.15. The van der Waals surface area contributed by atoms with Gasteiger partial charge in [0.2, 0.25) is 0 Å². The third kappa shape index (κ3) is 4.37. The zero-order valence-electron chi connectivity index (χ0n) is 12.4. The van der Waals surface area contributed by atoms with E-state index in [1.165, 1.54) is 5.69 Å². The molecule has 0 radical (unpaired) electrons. The zero-order valence-corrected chi connectivity index (χ0v) is 13.1. The Bertz CT molecular complexity index is 384. The second-order valence-electron chi connectivity index (χ2n) is 4.71. The Kier molecular flexibility index (Phi) is 7.21. The maximum Gasteiger partial charge on any atom is 0.0637 e. The van der Waals surface area contributed by atoms with Crippen LogP contribution in [0.3, 0.4) is 0 Å². The van der Waals surface area contributed by atoms with Crippen LogP contribution in [-0.2, 0) is 11.3 Å². The summed E-state index contributed by atoms with van der Waals surface area (Å²) in [6.07, 6.45) is 1.09. The zero-order chi connectivity index (χ0) is 14.3. The van der Waals surface area contributed by atoms with Crippen LogP contribution in [-0.4, -0.2) is 33.4 Å². The molecule has 1 rings (SSSR count). The summed E-state index contributed by atoms with van der Waals surface area (Å²) in [5.74, 6) is 0. The summed E-state index contributed by atoms with van der Waals surface area (Å²) in [7, 11) is 3.68. The fourth-order valence-corrected chi connectivity index (χ4v) is 2.39. The SMILES string of the molecule is CCC(C)N(CCOC)c1cccc(Cl)c1CNC. The summed E-state index contributed by atoms with van der Waals surface area (Å²) >= 11 is 6.34. The first-order valence-electron chi connectivity index (χ1n) is 6.83. The number of nitrogens with one attached hydrogen (secondary N) is 1. The predicted molar refractivity (Wildman–Crippen MR) is 83.2 cm³/mol. The third-order valence-electron chi connectivity index (χ3n) is 3.42. The maximum absolute atomic E-state index is 6.34. The van der Waals surface area contributed by atoms with Gasteiger partial charge in [-0.1, -0.05) is 24.6 Å². The minimum Gasteiger partial charge on any atom is -0.383 e. The van der Waals surface area contributed by atoms with E-state index in [0.717, 1.165) is 36.7 Å². The number of ether oxygens (including phenoxy) is 1. The molecule has 1 aromatic rings. The van der Waals surface area contributed by atoms with Gasteiger partial charge in [0, 0.05) is 42.5 Å². The number of benzene rings is 1. The summed E-state index contributed by atoms with van der Waals surface area (Å²) in [5.41, 5.74) is 2.36. The van der Waals surface area contributed by atoms with Crippen LogP contribution in [0.15, 0.2) is 18.2 Å². The van der Waals surface area contributed by atoms with Gasteiger partial charge in [-0.25, -0.2) is 0 Å². The molecular formula is C15H25ClN2O. The summed E-state index contributed by atoms with van der Waals surface area (Å²) in [6, 6.07) is 6.56. The van der Waals surface area contributed by atoms with Gasteiger partial charge in [0.25, 0.3) is 0 Å². The van der Waals surface area contributed by atoms with Gasteiger partial charge in [0.15, 0.2) is 0 Å². The van der Waals surface area contributed by atoms with Crippen LogP contribution < -0.4 is 10.2 Å². The number of hydrogen-bond acceptors (Lipinski definition) is 3. The second kappa shape index (κ2) is 8.41. The molecule has 0 fully saturated rings. The monoisotopic (exact) mass is 284 g/mol. The van der Waals surface area contributed by atoms with Crippen molar-refractivity contribution in [2.24, 2.45) is 0 Å². The molecule has 0 bridgehead atoms. The van der Waals surface area contributed by atoms with Gasteiger partial charge >= 0.3 is 0 Å². The van der Waals surface area contributed by atoms with Gasteiger partial charge in [-0.2, -0.15) is 0 Å². The summed E-state index contributed by atoms with van der Waals surface area (Å²) in [5, 5.41) is 4.01. The van der Waals surface area contributed by atoms with Crippen molar-refractivity contribution >= 4 is 17.3 Å². The highest BCUT2D eigenvalue weighted by atomic mass is 35.5. The number of anilines is 1. The molecule has 0 aliphatic heterocycles. The van der Waals surface area contributed by atoms with Gasteiger partial charge in [-0.3, -0.25) is 0 Å². The predicted octanol–water partition coefficient (Wildman–Crippen LogP) is 3.31. The first-order valence-corrected chi connectivity index (χ1v) is 7.21. The molecule has 0 aliphatic carbocycles. The van der Waals surface area contributed by atoms with Crippen LogP contribution in [0, 0.1) is 0 Å². The van der Waals surface area contributed by atoms with Crippen molar-refractivity contribution in [2.75, 3.05) is 32.2 Å². The molecule has 1 atom stereocenters. The highest BCUT2D eigenvalue weighted by Crippen LogP contribution is 2.29. The van der Waals surface area contributed by atoms with Crippen LogP contribution >= 0.6 is 11.6 Å². The molecule has 0 spiro atoms. The van der Waals surface area contributed by atoms with Crippen molar-refractivity contribution in [1.82, 2.24) is 5.32 Å². The Balaban J connectivity index is 3.09. The molecule has 0 aromatic heterocycles. The number of methoxy groups -OCH3 is 1. The molecule has 19 heavy (non-hydrogen) atoms. The Labute approximate surface area is 121 Å². The smallest absolute Gasteiger partial charge is 0.0637 e. The topological polar surface area (TPSA) is 24.5 Å². The van der Waals surface area contributed by atoms with E-state index in [2.05, 4.69) is 30.1 Å². The molecule has 0 amide bonds. The van der Waals surface area contributed by atoms with E-state index in [4.69, 9.17) is 16.3 Å². The number of rotatable bonds is 8. The lowest BCUT2D eigenvalue weighted by atomic mass is 10.1. The van der Waals surface area contributed by atoms with E-state index in [9.17, 15) is 0 Å². The summed E-state index contributed by atoms with van der Waals surface area (Å²) in [4.78, 5) is 2.38. The standard InChI is InChI=1S/C15H25ClN2O/c1-5-12(2)18(9-10-19-4)15-8-6-7-14(16)13(15)11-17-3/h6-8,12,17H,5,9-11H2,1-4H3. The van der Waals surface area contributed by atoms with E-state index >= 15 is 0 Å². The summed E-state index contributed by atoms with van der Waals surface area (Å²) in [6.45, 7) is 6.81. The van der Waals surface area contributed by atoms with Crippen molar-refractivity contribution in [1.29, 1.82) is 0 Å². The van der Waals surface area contributed by atoms with Gasteiger partial charge in [0.05, 0.1) is 6.61 Å². The first kappa shape index (κ1) is 16.3. The fourth-order valence-electron chi connectivity index (χ4n) is 2.16. The largest absolute Gasteiger partial charge is 0.383 e. The Morgan fingerprint density at radius 2 is 2.16 bits per heavy atom. The van der Waals surface area contributed by atoms with Crippen LogP contribution in [0.25, 0.3) is 0 Å². The maximum atomic E-state index is 6.34. The van der Waals surface area contributed by atoms with Crippen LogP contribution in [0.2, 0.25) is 5.02 Å². The van der Waals surface area contributed by atoms with E-state index in [1.807, 2.05) is 19.2 Å². The van der Waals surface area contributed by atoms with Crippen molar-refractivity contribution in [3.63, 3.8) is 0 Å². The molecule has 108 valence electrons. The fraction of sp³-hybridized carbons (Fsp3) is 0.600. The molecule has 4 heteroatoms. The Hall–Kier alpha value is -0.770. The Morgan fingerprint density at radius 3 is 2.74 bits per heavy atom. The third-order valence-corrected chi connectivity index (χ3v) is 3.77. The van der Waals surface area contributed by atoms with Crippen molar-refractivity contribution < 1.29 is 4.74 Å². The lowest BCUT2D eigenvalue weighted by molar-refractivity contribution is 0.203. The average Bonchev–Trinajstić information content (AvgIpc) is 2.42. The van der Waals surface area contributed by atoms with Crippen LogP contribution in [0.5, 0.6) is 0 Å². The van der Waals surface area contributed by atoms with Crippen molar-refractivity contribution in [3.8, 4) is 0 Å². The quantitative estimate of drug-likeness (QED) is 0.793. The van der Waals surface area contributed by atoms with Gasteiger partial charge in [0.1, 0.15) is 0 Å². The number of nitrogens with zero attached hydrogens (tertiary/aromatic N) is 1. The van der Waals surface area contributed by atoms with Gasteiger partial charge in [-0.15, -0.1) is 0 Å². The minimum absolute atomic E-state index is 0.462. The van der Waals surface area contributed by atoms with E-state index in [0.29, 0.717) is 6.04 Å². The normalized spacial score (nSPS) is 12.5. The second-order valence-corrected chi connectivity index (χ2v) is 5.12. The number of hydrogen-bond donors (Lipinski definition) is 1. The molecule has 1 aromatic carbocycles.